The standard InChI is InChI=1S/C22H16N2/c1-14-11-12-19-17(13-14)21-22(24-19)20(15-7-3-2-4-8-15)16-9-5-6-10-18(16)23-21/h2-13,24H,1H3. The van der Waals surface area contributed by atoms with Gasteiger partial charge in [-0.1, -0.05) is 60.2 Å². The van der Waals surface area contributed by atoms with Crippen LogP contribution in [-0.2, 0) is 0 Å². The van der Waals surface area contributed by atoms with Crippen LogP contribution < -0.4 is 0 Å². The highest BCUT2D eigenvalue weighted by atomic mass is 14.8. The van der Waals surface area contributed by atoms with Crippen molar-refractivity contribution in [1.29, 1.82) is 0 Å². The molecule has 5 rings (SSSR count). The van der Waals surface area contributed by atoms with Crippen molar-refractivity contribution < 1.29 is 0 Å². The Morgan fingerprint density at radius 3 is 2.46 bits per heavy atom. The minimum atomic E-state index is 1.03. The monoisotopic (exact) mass is 308 g/mol. The van der Waals surface area contributed by atoms with Crippen LogP contribution >= 0.6 is 0 Å². The average molecular weight is 308 g/mol. The van der Waals surface area contributed by atoms with Crippen LogP contribution in [0, 0.1) is 6.92 Å². The molecule has 1 N–H and O–H groups in total. The minimum absolute atomic E-state index is 1.03. The number of rotatable bonds is 1. The zero-order valence-corrected chi connectivity index (χ0v) is 13.4. The van der Waals surface area contributed by atoms with E-state index < -0.39 is 0 Å². The third-order valence-electron chi connectivity index (χ3n) is 4.64. The first-order chi connectivity index (χ1) is 11.8. The number of aryl methyl sites for hydroxylation is 1. The molecule has 0 atom stereocenters. The molecule has 0 amide bonds. The van der Waals surface area contributed by atoms with E-state index in [1.807, 2.05) is 0 Å². The highest BCUT2D eigenvalue weighted by molar-refractivity contribution is 6.16. The van der Waals surface area contributed by atoms with E-state index in [1.54, 1.807) is 0 Å². The molecule has 2 heteroatoms. The number of hydrogen-bond donors (Lipinski definition) is 1. The van der Waals surface area contributed by atoms with Crippen molar-refractivity contribution in [3.8, 4) is 11.1 Å². The molecule has 0 saturated heterocycles. The van der Waals surface area contributed by atoms with Gasteiger partial charge in [0.15, 0.2) is 0 Å². The van der Waals surface area contributed by atoms with Gasteiger partial charge in [-0.05, 0) is 30.7 Å². The molecule has 2 aromatic heterocycles. The van der Waals surface area contributed by atoms with Crippen molar-refractivity contribution >= 4 is 32.8 Å². The Morgan fingerprint density at radius 1 is 0.792 bits per heavy atom. The maximum absolute atomic E-state index is 4.96. The quantitative estimate of drug-likeness (QED) is 0.414. The SMILES string of the molecule is Cc1ccc2[nH]c3c(-c4ccccc4)c4ccccc4nc3c2c1. The zero-order chi connectivity index (χ0) is 16.1. The van der Waals surface area contributed by atoms with Gasteiger partial charge in [-0.15, -0.1) is 0 Å². The molecule has 24 heavy (non-hydrogen) atoms. The Bertz CT molecular complexity index is 1200. The largest absolute Gasteiger partial charge is 0.353 e. The summed E-state index contributed by atoms with van der Waals surface area (Å²) in [6.07, 6.45) is 0. The number of hydrogen-bond acceptors (Lipinski definition) is 1. The van der Waals surface area contributed by atoms with Gasteiger partial charge in [-0.25, -0.2) is 4.98 Å². The van der Waals surface area contributed by atoms with Gasteiger partial charge in [0.05, 0.1) is 16.6 Å². The lowest BCUT2D eigenvalue weighted by Crippen LogP contribution is -1.87. The van der Waals surface area contributed by atoms with Gasteiger partial charge in [-0.3, -0.25) is 0 Å². The van der Waals surface area contributed by atoms with E-state index in [4.69, 9.17) is 4.98 Å². The van der Waals surface area contributed by atoms with Crippen LogP contribution in [-0.4, -0.2) is 9.97 Å². The van der Waals surface area contributed by atoms with Crippen LogP contribution in [0.15, 0.2) is 72.8 Å². The second-order valence-corrected chi connectivity index (χ2v) is 6.27. The van der Waals surface area contributed by atoms with Crippen LogP contribution in [0.2, 0.25) is 0 Å². The number of aromatic amines is 1. The van der Waals surface area contributed by atoms with Crippen LogP contribution in [0.5, 0.6) is 0 Å². The van der Waals surface area contributed by atoms with Gasteiger partial charge < -0.3 is 4.98 Å². The van der Waals surface area contributed by atoms with Crippen molar-refractivity contribution in [2.75, 3.05) is 0 Å². The molecule has 114 valence electrons. The summed E-state index contributed by atoms with van der Waals surface area (Å²) >= 11 is 0. The predicted octanol–water partition coefficient (Wildman–Crippen LogP) is 5.84. The molecule has 0 fully saturated rings. The van der Waals surface area contributed by atoms with Gasteiger partial charge in [-0.2, -0.15) is 0 Å². The molecular weight excluding hydrogens is 292 g/mol. The van der Waals surface area contributed by atoms with Gasteiger partial charge in [0.2, 0.25) is 0 Å². The molecule has 5 aromatic rings. The molecule has 0 unspecified atom stereocenters. The fourth-order valence-electron chi connectivity index (χ4n) is 3.53. The smallest absolute Gasteiger partial charge is 0.0971 e. The number of pyridine rings is 1. The Kier molecular flexibility index (Phi) is 2.74. The second kappa shape index (κ2) is 4.93. The van der Waals surface area contributed by atoms with E-state index >= 15 is 0 Å². The van der Waals surface area contributed by atoms with Crippen molar-refractivity contribution in [3.05, 3.63) is 78.4 Å². The first-order valence-electron chi connectivity index (χ1n) is 8.17. The summed E-state index contributed by atoms with van der Waals surface area (Å²) in [5.74, 6) is 0. The normalized spacial score (nSPS) is 11.5. The zero-order valence-electron chi connectivity index (χ0n) is 13.4. The van der Waals surface area contributed by atoms with Crippen LogP contribution in [0.25, 0.3) is 44.0 Å². The Labute approximate surface area is 139 Å². The maximum atomic E-state index is 4.96. The molecule has 0 aliphatic carbocycles. The van der Waals surface area contributed by atoms with Crippen molar-refractivity contribution in [2.24, 2.45) is 0 Å². The lowest BCUT2D eigenvalue weighted by Gasteiger charge is -2.08. The Morgan fingerprint density at radius 2 is 1.58 bits per heavy atom. The first kappa shape index (κ1) is 13.3. The third-order valence-corrected chi connectivity index (χ3v) is 4.64. The topological polar surface area (TPSA) is 28.7 Å². The number of para-hydroxylation sites is 1. The molecule has 2 nitrogen and oxygen atoms in total. The van der Waals surface area contributed by atoms with E-state index in [9.17, 15) is 0 Å². The first-order valence-corrected chi connectivity index (χ1v) is 8.17. The third kappa shape index (κ3) is 1.86. The molecule has 0 saturated carbocycles. The van der Waals surface area contributed by atoms with E-state index in [-0.39, 0.29) is 0 Å². The predicted molar refractivity (Wildman–Crippen MR) is 101 cm³/mol. The Balaban J connectivity index is 2.05. The van der Waals surface area contributed by atoms with Gasteiger partial charge in [0.1, 0.15) is 0 Å². The summed E-state index contributed by atoms with van der Waals surface area (Å²) in [4.78, 5) is 8.56. The molecule has 3 aromatic carbocycles. The van der Waals surface area contributed by atoms with Crippen LogP contribution in [0.4, 0.5) is 0 Å². The number of aromatic nitrogens is 2. The van der Waals surface area contributed by atoms with Crippen LogP contribution in [0.1, 0.15) is 5.56 Å². The van der Waals surface area contributed by atoms with Gasteiger partial charge in [0, 0.05) is 21.9 Å². The molecular formula is C22H16N2. The van der Waals surface area contributed by atoms with E-state index in [0.717, 1.165) is 22.1 Å². The molecule has 2 heterocycles. The number of benzene rings is 3. The van der Waals surface area contributed by atoms with Crippen LogP contribution in [0.3, 0.4) is 0 Å². The number of fused-ring (bicyclic) bond motifs is 4. The molecule has 0 radical (unpaired) electrons. The summed E-state index contributed by atoms with van der Waals surface area (Å²) in [5.41, 5.74) is 8.02. The molecule has 0 spiro atoms. The van der Waals surface area contributed by atoms with Crippen molar-refractivity contribution in [3.63, 3.8) is 0 Å². The van der Waals surface area contributed by atoms with Gasteiger partial charge >= 0.3 is 0 Å². The fourth-order valence-corrected chi connectivity index (χ4v) is 3.53. The summed E-state index contributed by atoms with van der Waals surface area (Å²) in [6, 6.07) is 25.4. The Hall–Kier alpha value is -3.13. The summed E-state index contributed by atoms with van der Waals surface area (Å²) in [7, 11) is 0. The lowest BCUT2D eigenvalue weighted by molar-refractivity contribution is 1.48. The van der Waals surface area contributed by atoms with E-state index in [2.05, 4.69) is 84.7 Å². The summed E-state index contributed by atoms with van der Waals surface area (Å²) in [6.45, 7) is 2.12. The number of H-pyrrole nitrogens is 1. The summed E-state index contributed by atoms with van der Waals surface area (Å²) < 4.78 is 0. The van der Waals surface area contributed by atoms with E-state index in [0.29, 0.717) is 0 Å². The summed E-state index contributed by atoms with van der Waals surface area (Å²) in [5, 5.41) is 2.37. The average Bonchev–Trinajstić information content (AvgIpc) is 2.98. The van der Waals surface area contributed by atoms with E-state index in [1.165, 1.54) is 27.5 Å². The molecule has 0 bridgehead atoms. The van der Waals surface area contributed by atoms with Crippen molar-refractivity contribution in [1.82, 2.24) is 9.97 Å². The second-order valence-electron chi connectivity index (χ2n) is 6.27. The van der Waals surface area contributed by atoms with Gasteiger partial charge in [0.25, 0.3) is 0 Å². The molecule has 0 aliphatic heterocycles. The minimum Gasteiger partial charge on any atom is -0.353 e. The molecule has 0 aliphatic rings. The number of nitrogens with zero attached hydrogens (tertiary/aromatic N) is 1. The number of nitrogens with one attached hydrogen (secondary N) is 1. The maximum Gasteiger partial charge on any atom is 0.0971 e. The van der Waals surface area contributed by atoms with Crippen molar-refractivity contribution in [2.45, 2.75) is 6.92 Å². The fraction of sp³-hybridized carbons (Fsp3) is 0.0455. The highest BCUT2D eigenvalue weighted by Gasteiger charge is 2.15. The lowest BCUT2D eigenvalue weighted by atomic mass is 9.99. The highest BCUT2D eigenvalue weighted by Crippen LogP contribution is 2.37.